The summed E-state index contributed by atoms with van der Waals surface area (Å²) < 4.78 is 5.60. The molecule has 17 heavy (non-hydrogen) atoms. The Morgan fingerprint density at radius 1 is 1.29 bits per heavy atom. The van der Waals surface area contributed by atoms with E-state index in [1.54, 1.807) is 0 Å². The van der Waals surface area contributed by atoms with Crippen LogP contribution < -0.4 is 5.32 Å². The molecule has 0 radical (unpaired) electrons. The van der Waals surface area contributed by atoms with Gasteiger partial charge < -0.3 is 10.1 Å². The van der Waals surface area contributed by atoms with Crippen molar-refractivity contribution < 1.29 is 4.74 Å². The monoisotopic (exact) mass is 255 g/mol. The van der Waals surface area contributed by atoms with Crippen molar-refractivity contribution in [3.63, 3.8) is 0 Å². The van der Waals surface area contributed by atoms with Gasteiger partial charge in [0.25, 0.3) is 0 Å². The minimum absolute atomic E-state index is 0.572. The Labute approximate surface area is 109 Å². The molecule has 0 amide bonds. The number of nitrogens with one attached hydrogen (secondary N) is 1. The summed E-state index contributed by atoms with van der Waals surface area (Å²) in [6.45, 7) is 6.86. The molecule has 2 nitrogen and oxygen atoms in total. The van der Waals surface area contributed by atoms with Crippen molar-refractivity contribution in [2.75, 3.05) is 13.2 Å². The Hall–Kier alpha value is -0.570. The highest BCUT2D eigenvalue weighted by Gasteiger charge is 1.95. The zero-order chi connectivity index (χ0) is 12.5. The summed E-state index contributed by atoms with van der Waals surface area (Å²) in [6.07, 6.45) is 2.26. The first kappa shape index (κ1) is 14.5. The van der Waals surface area contributed by atoms with Gasteiger partial charge in [0.15, 0.2) is 0 Å². The Kier molecular flexibility index (Phi) is 7.25. The molecule has 0 aliphatic rings. The average molecular weight is 256 g/mol. The van der Waals surface area contributed by atoms with Crippen molar-refractivity contribution in [2.45, 2.75) is 39.3 Å². The number of hydrogen-bond acceptors (Lipinski definition) is 2. The second-order valence-corrected chi connectivity index (χ2v) is 4.93. The van der Waals surface area contributed by atoms with Crippen molar-refractivity contribution in [2.24, 2.45) is 0 Å². The lowest BCUT2D eigenvalue weighted by Crippen LogP contribution is -2.23. The van der Waals surface area contributed by atoms with Crippen molar-refractivity contribution in [3.05, 3.63) is 34.9 Å². The minimum atomic E-state index is 0.572. The van der Waals surface area contributed by atoms with Crippen molar-refractivity contribution in [1.29, 1.82) is 0 Å². The van der Waals surface area contributed by atoms with Crippen molar-refractivity contribution in [3.8, 4) is 0 Å². The first-order valence-electron chi connectivity index (χ1n) is 6.24. The van der Waals surface area contributed by atoms with Gasteiger partial charge in [-0.25, -0.2) is 0 Å². The third-order valence-electron chi connectivity index (χ3n) is 2.43. The van der Waals surface area contributed by atoms with Gasteiger partial charge in [0.1, 0.15) is 0 Å². The lowest BCUT2D eigenvalue weighted by Gasteiger charge is -2.08. The molecule has 1 N–H and O–H groups in total. The molecule has 1 rings (SSSR count). The van der Waals surface area contributed by atoms with E-state index in [0.29, 0.717) is 12.6 Å². The van der Waals surface area contributed by atoms with E-state index >= 15 is 0 Å². The SMILES string of the molecule is CC(C)NCCCCOCc1cccc(Cl)c1. The van der Waals surface area contributed by atoms with Crippen molar-refractivity contribution in [1.82, 2.24) is 5.32 Å². The summed E-state index contributed by atoms with van der Waals surface area (Å²) in [5.41, 5.74) is 1.14. The van der Waals surface area contributed by atoms with E-state index in [4.69, 9.17) is 16.3 Å². The largest absolute Gasteiger partial charge is 0.377 e. The molecule has 0 fully saturated rings. The Bertz CT molecular complexity index is 315. The van der Waals surface area contributed by atoms with Gasteiger partial charge in [0, 0.05) is 17.7 Å². The van der Waals surface area contributed by atoms with Gasteiger partial charge >= 0.3 is 0 Å². The quantitative estimate of drug-likeness (QED) is 0.717. The summed E-state index contributed by atoms with van der Waals surface area (Å²) in [7, 11) is 0. The van der Waals surface area contributed by atoms with Gasteiger partial charge in [0.05, 0.1) is 6.61 Å². The summed E-state index contributed by atoms with van der Waals surface area (Å²) in [4.78, 5) is 0. The van der Waals surface area contributed by atoms with E-state index < -0.39 is 0 Å². The molecule has 0 heterocycles. The highest BCUT2D eigenvalue weighted by Crippen LogP contribution is 2.11. The highest BCUT2D eigenvalue weighted by molar-refractivity contribution is 6.30. The maximum Gasteiger partial charge on any atom is 0.0717 e. The van der Waals surface area contributed by atoms with Gasteiger partial charge in [-0.05, 0) is 37.1 Å². The predicted molar refractivity (Wildman–Crippen MR) is 73.5 cm³/mol. The molecule has 0 unspecified atom stereocenters. The smallest absolute Gasteiger partial charge is 0.0717 e. The molecular weight excluding hydrogens is 234 g/mol. The fourth-order valence-corrected chi connectivity index (χ4v) is 1.75. The number of unbranched alkanes of at least 4 members (excludes halogenated alkanes) is 1. The lowest BCUT2D eigenvalue weighted by molar-refractivity contribution is 0.117. The van der Waals surface area contributed by atoms with E-state index in [9.17, 15) is 0 Å². The summed E-state index contributed by atoms with van der Waals surface area (Å²) in [6, 6.07) is 8.38. The topological polar surface area (TPSA) is 21.3 Å². The first-order valence-corrected chi connectivity index (χ1v) is 6.62. The van der Waals surface area contributed by atoms with Crippen LogP contribution in [0.1, 0.15) is 32.3 Å². The van der Waals surface area contributed by atoms with Gasteiger partial charge in [0.2, 0.25) is 0 Å². The Morgan fingerprint density at radius 3 is 2.82 bits per heavy atom. The second-order valence-electron chi connectivity index (χ2n) is 4.50. The molecule has 0 saturated heterocycles. The number of halogens is 1. The molecule has 0 aliphatic carbocycles. The first-order chi connectivity index (χ1) is 8.18. The summed E-state index contributed by atoms with van der Waals surface area (Å²) in [5.74, 6) is 0. The molecule has 0 spiro atoms. The summed E-state index contributed by atoms with van der Waals surface area (Å²) >= 11 is 5.89. The van der Waals surface area contributed by atoms with Crippen LogP contribution in [0.3, 0.4) is 0 Å². The molecule has 96 valence electrons. The van der Waals surface area contributed by atoms with E-state index in [0.717, 1.165) is 36.6 Å². The Morgan fingerprint density at radius 2 is 2.12 bits per heavy atom. The van der Waals surface area contributed by atoms with Crippen LogP contribution in [0.5, 0.6) is 0 Å². The zero-order valence-electron chi connectivity index (χ0n) is 10.7. The third kappa shape index (κ3) is 7.37. The van der Waals surface area contributed by atoms with Crippen LogP contribution in [0, 0.1) is 0 Å². The van der Waals surface area contributed by atoms with Crippen LogP contribution in [0.15, 0.2) is 24.3 Å². The molecule has 0 saturated carbocycles. The molecule has 1 aromatic rings. The van der Waals surface area contributed by atoms with E-state index in [1.165, 1.54) is 0 Å². The zero-order valence-corrected chi connectivity index (χ0v) is 11.5. The number of hydrogen-bond donors (Lipinski definition) is 1. The molecule has 1 aromatic carbocycles. The predicted octanol–water partition coefficient (Wildman–Crippen LogP) is 3.63. The fourth-order valence-electron chi connectivity index (χ4n) is 1.54. The molecule has 0 aromatic heterocycles. The van der Waals surface area contributed by atoms with Crippen LogP contribution in [0.2, 0.25) is 5.02 Å². The molecule has 0 bridgehead atoms. The van der Waals surface area contributed by atoms with Gasteiger partial charge in [-0.3, -0.25) is 0 Å². The van der Waals surface area contributed by atoms with Crippen LogP contribution in [0.4, 0.5) is 0 Å². The van der Waals surface area contributed by atoms with Gasteiger partial charge in [-0.1, -0.05) is 37.6 Å². The average Bonchev–Trinajstić information content (AvgIpc) is 2.27. The lowest BCUT2D eigenvalue weighted by atomic mass is 10.2. The standard InChI is InChI=1S/C14H22ClNO/c1-12(2)16-8-3-4-9-17-11-13-6-5-7-14(15)10-13/h5-7,10,12,16H,3-4,8-9,11H2,1-2H3. The fraction of sp³-hybridized carbons (Fsp3) is 0.571. The minimum Gasteiger partial charge on any atom is -0.377 e. The second kappa shape index (κ2) is 8.51. The van der Waals surface area contributed by atoms with Gasteiger partial charge in [-0.2, -0.15) is 0 Å². The normalized spacial score (nSPS) is 11.1. The molecular formula is C14H22ClNO. The van der Waals surface area contributed by atoms with E-state index in [1.807, 2.05) is 24.3 Å². The maximum atomic E-state index is 5.89. The molecule has 0 aliphatic heterocycles. The number of rotatable bonds is 8. The van der Waals surface area contributed by atoms with E-state index in [-0.39, 0.29) is 0 Å². The maximum absolute atomic E-state index is 5.89. The number of benzene rings is 1. The van der Waals surface area contributed by atoms with Crippen LogP contribution in [-0.2, 0) is 11.3 Å². The van der Waals surface area contributed by atoms with Crippen LogP contribution in [-0.4, -0.2) is 19.2 Å². The van der Waals surface area contributed by atoms with Gasteiger partial charge in [-0.15, -0.1) is 0 Å². The van der Waals surface area contributed by atoms with Crippen LogP contribution in [0.25, 0.3) is 0 Å². The summed E-state index contributed by atoms with van der Waals surface area (Å²) in [5, 5.41) is 4.16. The third-order valence-corrected chi connectivity index (χ3v) is 2.66. The highest BCUT2D eigenvalue weighted by atomic mass is 35.5. The van der Waals surface area contributed by atoms with Crippen LogP contribution >= 0.6 is 11.6 Å². The van der Waals surface area contributed by atoms with E-state index in [2.05, 4.69) is 19.2 Å². The number of ether oxygens (including phenoxy) is 1. The van der Waals surface area contributed by atoms with Crippen molar-refractivity contribution >= 4 is 11.6 Å². The Balaban J connectivity index is 2.01. The molecule has 3 heteroatoms. The molecule has 0 atom stereocenters.